The van der Waals surface area contributed by atoms with Gasteiger partial charge >= 0.3 is 0 Å². The molecule has 0 saturated carbocycles. The summed E-state index contributed by atoms with van der Waals surface area (Å²) in [5, 5.41) is 43.3. The van der Waals surface area contributed by atoms with Gasteiger partial charge < -0.3 is 44.4 Å². The van der Waals surface area contributed by atoms with Gasteiger partial charge in [0.25, 0.3) is 0 Å². The minimum absolute atomic E-state index is 0. The summed E-state index contributed by atoms with van der Waals surface area (Å²) < 4.78 is 0. The number of rotatable bonds is 15. The third-order valence-electron chi connectivity index (χ3n) is 7.48. The summed E-state index contributed by atoms with van der Waals surface area (Å²) >= 11 is 0. The second kappa shape index (κ2) is 16.6. The molecule has 0 aliphatic carbocycles. The van der Waals surface area contributed by atoms with Gasteiger partial charge in [0, 0.05) is 0 Å². The highest BCUT2D eigenvalue weighted by atomic mass is 127. The van der Waals surface area contributed by atoms with Gasteiger partial charge in [0.15, 0.2) is 0 Å². The Morgan fingerprint density at radius 3 is 1.43 bits per heavy atom. The van der Waals surface area contributed by atoms with Crippen molar-refractivity contribution >= 4 is 23.2 Å². The van der Waals surface area contributed by atoms with Crippen molar-refractivity contribution in [1.29, 1.82) is 0 Å². The first-order valence-corrected chi connectivity index (χ1v) is 15.1. The van der Waals surface area contributed by atoms with Gasteiger partial charge in [-0.05, 0) is 80.3 Å². The summed E-state index contributed by atoms with van der Waals surface area (Å²) in [7, 11) is -1.86. The van der Waals surface area contributed by atoms with Gasteiger partial charge in [0.05, 0.1) is 31.6 Å². The Bertz CT molecular complexity index is 893. The molecule has 4 unspecified atom stereocenters. The largest absolute Gasteiger partial charge is 1.00 e. The fourth-order valence-corrected chi connectivity index (χ4v) is 9.58. The maximum atomic E-state index is 10.5. The smallest absolute Gasteiger partial charge is 0.112 e. The van der Waals surface area contributed by atoms with E-state index in [1.807, 2.05) is 6.92 Å². The first-order chi connectivity index (χ1) is 17.5. The van der Waals surface area contributed by atoms with Crippen molar-refractivity contribution in [2.75, 3.05) is 19.4 Å². The van der Waals surface area contributed by atoms with Crippen LogP contribution in [0.2, 0.25) is 0 Å². The molecular formula is C31H42IO4P. The van der Waals surface area contributed by atoms with Gasteiger partial charge in [-0.1, -0.05) is 61.5 Å². The predicted octanol–water partition coefficient (Wildman–Crippen LogP) is 0.894. The van der Waals surface area contributed by atoms with E-state index in [9.17, 15) is 20.4 Å². The first-order valence-electron chi connectivity index (χ1n) is 13.2. The zero-order chi connectivity index (χ0) is 25.8. The molecule has 3 aromatic rings. The van der Waals surface area contributed by atoms with Crippen LogP contribution in [-0.2, 0) is 0 Å². The van der Waals surface area contributed by atoms with Gasteiger partial charge in [-0.3, -0.25) is 0 Å². The van der Waals surface area contributed by atoms with Crippen molar-refractivity contribution in [3.8, 4) is 0 Å². The van der Waals surface area contributed by atoms with Crippen LogP contribution >= 0.6 is 7.26 Å². The van der Waals surface area contributed by atoms with E-state index in [-0.39, 0.29) is 49.0 Å². The number of hydrogen-bond donors (Lipinski definition) is 4. The highest BCUT2D eigenvalue weighted by molar-refractivity contribution is 7.95. The van der Waals surface area contributed by atoms with Crippen molar-refractivity contribution in [3.63, 3.8) is 0 Å². The van der Waals surface area contributed by atoms with Crippen LogP contribution in [0.3, 0.4) is 0 Å². The van der Waals surface area contributed by atoms with Crippen LogP contribution in [0.25, 0.3) is 0 Å². The van der Waals surface area contributed by atoms with Crippen LogP contribution in [0.5, 0.6) is 0 Å². The molecule has 0 radical (unpaired) electrons. The number of hydrogen-bond acceptors (Lipinski definition) is 4. The molecule has 0 amide bonds. The highest BCUT2D eigenvalue weighted by Crippen LogP contribution is 2.56. The summed E-state index contributed by atoms with van der Waals surface area (Å²) in [5.41, 5.74) is 0. The van der Waals surface area contributed by atoms with E-state index >= 15 is 0 Å². The minimum Gasteiger partial charge on any atom is -1.00 e. The maximum Gasteiger partial charge on any atom is 0.112 e. The lowest BCUT2D eigenvalue weighted by molar-refractivity contribution is -0.0000111. The van der Waals surface area contributed by atoms with E-state index in [0.717, 1.165) is 31.8 Å². The summed E-state index contributed by atoms with van der Waals surface area (Å²) in [6.45, 7) is 1.41. The van der Waals surface area contributed by atoms with E-state index in [0.29, 0.717) is 6.42 Å². The SMILES string of the molecule is CC(CCC(CCCC[P+](c1ccccc1)(c1ccccc1)c1ccccc1)C(O)CO)C(O)CO.[I-]. The fraction of sp³-hybridized carbons (Fsp3) is 0.419. The molecule has 4 atom stereocenters. The Kier molecular flexibility index (Phi) is 14.3. The number of unbranched alkanes of at least 4 members (excludes halogenated alkanes) is 1. The second-order valence-electron chi connectivity index (χ2n) is 9.85. The average Bonchev–Trinajstić information content (AvgIpc) is 2.95. The third kappa shape index (κ3) is 8.58. The second-order valence-corrected chi connectivity index (χ2v) is 13.5. The van der Waals surface area contributed by atoms with Crippen molar-refractivity contribution in [1.82, 2.24) is 0 Å². The van der Waals surface area contributed by atoms with Crippen LogP contribution in [0.15, 0.2) is 91.0 Å². The topological polar surface area (TPSA) is 80.9 Å². The highest BCUT2D eigenvalue weighted by Gasteiger charge is 2.44. The molecule has 202 valence electrons. The number of aliphatic hydroxyl groups excluding tert-OH is 4. The van der Waals surface area contributed by atoms with E-state index in [4.69, 9.17) is 0 Å². The fourth-order valence-electron chi connectivity index (χ4n) is 5.16. The zero-order valence-electron chi connectivity index (χ0n) is 21.7. The molecule has 37 heavy (non-hydrogen) atoms. The quantitative estimate of drug-likeness (QED) is 0.114. The Labute approximate surface area is 240 Å². The molecule has 0 aliphatic heterocycles. The van der Waals surface area contributed by atoms with Crippen LogP contribution in [0.1, 0.15) is 39.0 Å². The van der Waals surface area contributed by atoms with Crippen molar-refractivity contribution < 1.29 is 44.4 Å². The molecule has 0 heterocycles. The van der Waals surface area contributed by atoms with Crippen LogP contribution in [0, 0.1) is 11.8 Å². The van der Waals surface area contributed by atoms with Crippen LogP contribution in [0.4, 0.5) is 0 Å². The Morgan fingerprint density at radius 1 is 0.595 bits per heavy atom. The van der Waals surface area contributed by atoms with Gasteiger partial charge in [0.1, 0.15) is 23.2 Å². The molecule has 6 heteroatoms. The molecule has 0 bridgehead atoms. The molecule has 4 nitrogen and oxygen atoms in total. The molecule has 4 N–H and O–H groups in total. The molecule has 0 aliphatic rings. The van der Waals surface area contributed by atoms with Gasteiger partial charge in [-0.25, -0.2) is 0 Å². The summed E-state index contributed by atoms with van der Waals surface area (Å²) in [6.07, 6.45) is 3.73. The number of halogens is 1. The van der Waals surface area contributed by atoms with Gasteiger partial charge in [-0.15, -0.1) is 0 Å². The lowest BCUT2D eigenvalue weighted by atomic mass is 9.87. The van der Waals surface area contributed by atoms with Gasteiger partial charge in [-0.2, -0.15) is 0 Å². The molecule has 0 spiro atoms. The number of benzene rings is 3. The third-order valence-corrected chi connectivity index (χ3v) is 12.0. The van der Waals surface area contributed by atoms with Gasteiger partial charge in [0.2, 0.25) is 0 Å². The Balaban J connectivity index is 0.00000481. The maximum absolute atomic E-state index is 10.5. The molecule has 0 saturated heterocycles. The minimum atomic E-state index is -1.86. The van der Waals surface area contributed by atoms with Crippen molar-refractivity contribution in [2.45, 2.75) is 51.2 Å². The lowest BCUT2D eigenvalue weighted by Crippen LogP contribution is -3.00. The molecular weight excluding hydrogens is 594 g/mol. The summed E-state index contributed by atoms with van der Waals surface area (Å²) in [6, 6.07) is 32.6. The summed E-state index contributed by atoms with van der Waals surface area (Å²) in [5.74, 6) is -0.0718. The van der Waals surface area contributed by atoms with E-state index in [1.54, 1.807) is 0 Å². The van der Waals surface area contributed by atoms with Crippen LogP contribution < -0.4 is 39.9 Å². The molecule has 3 rings (SSSR count). The Hall–Kier alpha value is -1.34. The molecule has 3 aromatic carbocycles. The van der Waals surface area contributed by atoms with Crippen molar-refractivity contribution in [2.24, 2.45) is 11.8 Å². The number of aliphatic hydroxyl groups is 4. The van der Waals surface area contributed by atoms with Crippen LogP contribution in [-0.4, -0.2) is 52.0 Å². The zero-order valence-corrected chi connectivity index (χ0v) is 24.8. The molecule has 0 aromatic heterocycles. The van der Waals surface area contributed by atoms with E-state index in [1.165, 1.54) is 15.9 Å². The average molecular weight is 637 g/mol. The Morgan fingerprint density at radius 2 is 1.03 bits per heavy atom. The van der Waals surface area contributed by atoms with E-state index < -0.39 is 19.5 Å². The standard InChI is InChI=1S/C31H42O4P.HI/c1-25(30(34)23-32)20-21-26(31(35)24-33)13-11-12-22-36(27-14-5-2-6-15-27,28-16-7-3-8-17-28)29-18-9-4-10-19-29;/h2-10,14-19,25-26,30-35H,11-13,20-24H2,1H3;1H/q+1;/p-1. The normalized spacial score (nSPS) is 14.8. The first kappa shape index (κ1) is 31.9. The molecule has 0 fully saturated rings. The monoisotopic (exact) mass is 636 g/mol. The van der Waals surface area contributed by atoms with Crippen molar-refractivity contribution in [3.05, 3.63) is 91.0 Å². The lowest BCUT2D eigenvalue weighted by Gasteiger charge is -2.28. The van der Waals surface area contributed by atoms with E-state index in [2.05, 4.69) is 91.0 Å². The predicted molar refractivity (Wildman–Crippen MR) is 152 cm³/mol. The summed E-state index contributed by atoms with van der Waals surface area (Å²) in [4.78, 5) is 0.